The number of hydrogen-bond acceptors (Lipinski definition) is 4. The van der Waals surface area contributed by atoms with Gasteiger partial charge in [0.05, 0.1) is 12.2 Å². The fourth-order valence-electron chi connectivity index (χ4n) is 1.84. The second-order valence-corrected chi connectivity index (χ2v) is 4.29. The van der Waals surface area contributed by atoms with Gasteiger partial charge in [0.1, 0.15) is 0 Å². The zero-order valence-corrected chi connectivity index (χ0v) is 11.4. The zero-order valence-electron chi connectivity index (χ0n) is 11.4. The van der Waals surface area contributed by atoms with E-state index in [1.807, 2.05) is 0 Å². The van der Waals surface area contributed by atoms with Crippen molar-refractivity contribution in [3.8, 4) is 0 Å². The quantitative estimate of drug-likeness (QED) is 0.449. The molecule has 0 aliphatic heterocycles. The Kier molecular flexibility index (Phi) is 6.43. The van der Waals surface area contributed by atoms with Crippen molar-refractivity contribution in [3.05, 3.63) is 35.4 Å². The van der Waals surface area contributed by atoms with Gasteiger partial charge >= 0.3 is 11.9 Å². The Morgan fingerprint density at radius 3 is 2.25 bits per heavy atom. The number of carboxylic acids is 1. The molecule has 0 heterocycles. The van der Waals surface area contributed by atoms with Gasteiger partial charge in [0.25, 0.3) is 0 Å². The number of hydrogen-bond donors (Lipinski definition) is 1. The number of carboxylic acid groups (broad SMARTS) is 1. The molecule has 1 rings (SSSR count). The average molecular weight is 278 g/mol. The van der Waals surface area contributed by atoms with Gasteiger partial charge in [-0.25, -0.2) is 4.79 Å². The van der Waals surface area contributed by atoms with Crippen LogP contribution in [0.5, 0.6) is 0 Å². The first kappa shape index (κ1) is 15.9. The molecule has 0 unspecified atom stereocenters. The Labute approximate surface area is 117 Å². The summed E-state index contributed by atoms with van der Waals surface area (Å²) in [6, 6.07) is 6.14. The first-order chi connectivity index (χ1) is 9.56. The lowest BCUT2D eigenvalue weighted by Gasteiger charge is -2.05. The molecule has 0 amide bonds. The summed E-state index contributed by atoms with van der Waals surface area (Å²) in [5.41, 5.74) is 0.235. The third-order valence-electron chi connectivity index (χ3n) is 2.80. The molecule has 108 valence electrons. The Morgan fingerprint density at radius 1 is 1.05 bits per heavy atom. The van der Waals surface area contributed by atoms with Crippen molar-refractivity contribution in [2.24, 2.45) is 0 Å². The van der Waals surface area contributed by atoms with Crippen molar-refractivity contribution in [1.29, 1.82) is 0 Å². The Morgan fingerprint density at radius 2 is 1.65 bits per heavy atom. The van der Waals surface area contributed by atoms with Crippen molar-refractivity contribution in [1.82, 2.24) is 0 Å². The number of rotatable bonds is 8. The van der Waals surface area contributed by atoms with E-state index in [0.717, 1.165) is 0 Å². The van der Waals surface area contributed by atoms with Gasteiger partial charge in [0.2, 0.25) is 0 Å². The Bertz CT molecular complexity index is 493. The lowest BCUT2D eigenvalue weighted by Crippen LogP contribution is -2.09. The van der Waals surface area contributed by atoms with Gasteiger partial charge in [0.15, 0.2) is 5.78 Å². The van der Waals surface area contributed by atoms with E-state index < -0.39 is 5.97 Å². The van der Waals surface area contributed by atoms with Gasteiger partial charge in [-0.1, -0.05) is 18.2 Å². The van der Waals surface area contributed by atoms with Crippen molar-refractivity contribution >= 4 is 17.7 Å². The van der Waals surface area contributed by atoms with E-state index in [9.17, 15) is 14.4 Å². The van der Waals surface area contributed by atoms with Crippen molar-refractivity contribution < 1.29 is 24.2 Å². The number of aromatic carboxylic acids is 1. The molecule has 0 bridgehead atoms. The topological polar surface area (TPSA) is 80.7 Å². The van der Waals surface area contributed by atoms with E-state index in [-0.39, 0.29) is 35.7 Å². The molecular formula is C15H18O5. The molecule has 0 saturated heterocycles. The van der Waals surface area contributed by atoms with Gasteiger partial charge in [-0.05, 0) is 25.8 Å². The minimum atomic E-state index is -1.11. The van der Waals surface area contributed by atoms with Crippen molar-refractivity contribution in [2.75, 3.05) is 6.61 Å². The molecule has 5 nitrogen and oxygen atoms in total. The molecule has 0 aliphatic carbocycles. The van der Waals surface area contributed by atoms with Crippen LogP contribution in [0, 0.1) is 0 Å². The van der Waals surface area contributed by atoms with E-state index in [0.29, 0.717) is 19.4 Å². The summed E-state index contributed by atoms with van der Waals surface area (Å²) < 4.78 is 4.78. The van der Waals surface area contributed by atoms with Gasteiger partial charge in [-0.2, -0.15) is 0 Å². The monoisotopic (exact) mass is 278 g/mol. The number of ether oxygens (including phenoxy) is 1. The van der Waals surface area contributed by atoms with E-state index in [1.165, 1.54) is 12.1 Å². The standard InChI is InChI=1S/C15H18O5/c1-2-20-14(17)10-6-5-9-13(16)11-7-3-4-8-12(11)15(18)19/h3-4,7-8H,2,5-6,9-10H2,1H3,(H,18,19). The van der Waals surface area contributed by atoms with Crippen LogP contribution in [0.2, 0.25) is 0 Å². The summed E-state index contributed by atoms with van der Waals surface area (Å²) in [5, 5.41) is 9.00. The maximum absolute atomic E-state index is 12.0. The van der Waals surface area contributed by atoms with Crippen LogP contribution in [0.4, 0.5) is 0 Å². The molecular weight excluding hydrogens is 260 g/mol. The first-order valence-electron chi connectivity index (χ1n) is 6.57. The number of carbonyl (C=O) groups is 3. The molecule has 1 aromatic rings. The number of benzene rings is 1. The van der Waals surface area contributed by atoms with Crippen LogP contribution in [-0.2, 0) is 9.53 Å². The van der Waals surface area contributed by atoms with E-state index >= 15 is 0 Å². The second-order valence-electron chi connectivity index (χ2n) is 4.29. The molecule has 0 aliphatic rings. The fourth-order valence-corrected chi connectivity index (χ4v) is 1.84. The third kappa shape index (κ3) is 4.84. The molecule has 0 fully saturated rings. The highest BCUT2D eigenvalue weighted by molar-refractivity contribution is 6.05. The first-order valence-corrected chi connectivity index (χ1v) is 6.57. The van der Waals surface area contributed by atoms with Crippen LogP contribution in [0.25, 0.3) is 0 Å². The Hall–Kier alpha value is -2.17. The highest BCUT2D eigenvalue weighted by Gasteiger charge is 2.15. The minimum absolute atomic E-state index is 0.0166. The van der Waals surface area contributed by atoms with Crippen LogP contribution < -0.4 is 0 Å². The molecule has 0 aromatic heterocycles. The highest BCUT2D eigenvalue weighted by atomic mass is 16.5. The molecule has 1 aromatic carbocycles. The van der Waals surface area contributed by atoms with Crippen LogP contribution in [-0.4, -0.2) is 29.4 Å². The lowest BCUT2D eigenvalue weighted by molar-refractivity contribution is -0.143. The second kappa shape index (κ2) is 8.09. The zero-order chi connectivity index (χ0) is 15.0. The molecule has 1 N–H and O–H groups in total. The summed E-state index contributed by atoms with van der Waals surface area (Å²) in [5.74, 6) is -1.60. The molecule has 5 heteroatoms. The third-order valence-corrected chi connectivity index (χ3v) is 2.80. The van der Waals surface area contributed by atoms with Crippen LogP contribution in [0.3, 0.4) is 0 Å². The van der Waals surface area contributed by atoms with Gasteiger partial charge in [-0.3, -0.25) is 9.59 Å². The average Bonchev–Trinajstić information content (AvgIpc) is 2.43. The fraction of sp³-hybridized carbons (Fsp3) is 0.400. The van der Waals surface area contributed by atoms with Gasteiger partial charge in [-0.15, -0.1) is 0 Å². The normalized spacial score (nSPS) is 10.1. The predicted octanol–water partition coefficient (Wildman–Crippen LogP) is 2.69. The van der Waals surface area contributed by atoms with Crippen LogP contribution in [0.1, 0.15) is 53.3 Å². The molecule has 20 heavy (non-hydrogen) atoms. The number of ketones is 1. The largest absolute Gasteiger partial charge is 0.478 e. The summed E-state index contributed by atoms with van der Waals surface area (Å²) in [4.78, 5) is 34.1. The SMILES string of the molecule is CCOC(=O)CCCCC(=O)c1ccccc1C(=O)O. The molecule has 0 atom stereocenters. The van der Waals surface area contributed by atoms with Gasteiger partial charge < -0.3 is 9.84 Å². The predicted molar refractivity (Wildman–Crippen MR) is 72.8 cm³/mol. The smallest absolute Gasteiger partial charge is 0.336 e. The number of Topliss-reactive ketones (excluding diaryl/α,β-unsaturated/α-hetero) is 1. The summed E-state index contributed by atoms with van der Waals surface area (Å²) in [7, 11) is 0. The summed E-state index contributed by atoms with van der Waals surface area (Å²) >= 11 is 0. The maximum Gasteiger partial charge on any atom is 0.336 e. The molecule has 0 saturated carbocycles. The van der Waals surface area contributed by atoms with E-state index in [2.05, 4.69) is 0 Å². The highest BCUT2D eigenvalue weighted by Crippen LogP contribution is 2.13. The molecule has 0 radical (unpaired) electrons. The van der Waals surface area contributed by atoms with Crippen LogP contribution in [0.15, 0.2) is 24.3 Å². The van der Waals surface area contributed by atoms with E-state index in [1.54, 1.807) is 19.1 Å². The van der Waals surface area contributed by atoms with Crippen LogP contribution >= 0.6 is 0 Å². The van der Waals surface area contributed by atoms with Gasteiger partial charge in [0, 0.05) is 18.4 Å². The number of carbonyl (C=O) groups excluding carboxylic acids is 2. The summed E-state index contributed by atoms with van der Waals surface area (Å²) in [6.07, 6.45) is 1.59. The van der Waals surface area contributed by atoms with E-state index in [4.69, 9.17) is 9.84 Å². The lowest BCUT2D eigenvalue weighted by atomic mass is 9.99. The maximum atomic E-state index is 12.0. The number of unbranched alkanes of at least 4 members (excludes halogenated alkanes) is 1. The summed E-state index contributed by atoms with van der Waals surface area (Å²) in [6.45, 7) is 2.09. The number of esters is 1. The van der Waals surface area contributed by atoms with Crippen molar-refractivity contribution in [2.45, 2.75) is 32.6 Å². The Balaban J connectivity index is 2.48. The molecule has 0 spiro atoms. The minimum Gasteiger partial charge on any atom is -0.478 e. The van der Waals surface area contributed by atoms with Crippen molar-refractivity contribution in [3.63, 3.8) is 0 Å².